The summed E-state index contributed by atoms with van der Waals surface area (Å²) in [7, 11) is 0. The van der Waals surface area contributed by atoms with Crippen molar-refractivity contribution in [3.05, 3.63) is 67.1 Å². The van der Waals surface area contributed by atoms with E-state index >= 15 is 0 Å². The molecule has 0 aromatic heterocycles. The van der Waals surface area contributed by atoms with Gasteiger partial charge in [0.25, 0.3) is 0 Å². The minimum Gasteiger partial charge on any atom is -0.242 e. The van der Waals surface area contributed by atoms with Crippen LogP contribution in [0, 0.1) is 0 Å². The lowest BCUT2D eigenvalue weighted by atomic mass is 10.0. The summed E-state index contributed by atoms with van der Waals surface area (Å²) >= 11 is 23.7. The Morgan fingerprint density at radius 3 is 2.00 bits per heavy atom. The zero-order valence-corrected chi connectivity index (χ0v) is 16.0. The van der Waals surface area contributed by atoms with Gasteiger partial charge in [-0.05, 0) is 42.3 Å². The van der Waals surface area contributed by atoms with Crippen molar-refractivity contribution < 1.29 is 19.4 Å². The Bertz CT molecular complexity index is 800. The molecule has 0 N–H and O–H groups in total. The first kappa shape index (κ1) is 19.9. The van der Waals surface area contributed by atoms with Gasteiger partial charge in [0.2, 0.25) is 0 Å². The maximum atomic E-state index is 12.2. The third-order valence-corrected chi connectivity index (χ3v) is 4.16. The Kier molecular flexibility index (Phi) is 6.96. The van der Waals surface area contributed by atoms with Gasteiger partial charge in [0.15, 0.2) is 0 Å². The molecular formula is C17H12Cl4O4. The van der Waals surface area contributed by atoms with E-state index in [1.165, 1.54) is 30.3 Å². The van der Waals surface area contributed by atoms with Crippen molar-refractivity contribution in [3.63, 3.8) is 0 Å². The van der Waals surface area contributed by atoms with Crippen LogP contribution in [0.4, 0.5) is 0 Å². The molecule has 132 valence electrons. The summed E-state index contributed by atoms with van der Waals surface area (Å²) in [5.74, 6) is -1.79. The van der Waals surface area contributed by atoms with E-state index in [4.69, 9.17) is 46.4 Å². The second-order valence-corrected chi connectivity index (χ2v) is 6.78. The lowest BCUT2D eigenvalue weighted by Crippen LogP contribution is -2.14. The van der Waals surface area contributed by atoms with E-state index in [9.17, 15) is 9.59 Å². The van der Waals surface area contributed by atoms with Gasteiger partial charge in [-0.3, -0.25) is 0 Å². The fraction of sp³-hybridized carbons (Fsp3) is 0.176. The second kappa shape index (κ2) is 8.77. The van der Waals surface area contributed by atoms with E-state index in [0.717, 1.165) is 6.42 Å². The van der Waals surface area contributed by atoms with Gasteiger partial charge >= 0.3 is 11.9 Å². The van der Waals surface area contributed by atoms with Crippen molar-refractivity contribution in [1.82, 2.24) is 0 Å². The molecule has 0 unspecified atom stereocenters. The predicted molar refractivity (Wildman–Crippen MR) is 97.8 cm³/mol. The molecular weight excluding hydrogens is 410 g/mol. The first-order valence-corrected chi connectivity index (χ1v) is 8.70. The summed E-state index contributed by atoms with van der Waals surface area (Å²) in [5.41, 5.74) is 0.750. The highest BCUT2D eigenvalue weighted by atomic mass is 35.5. The quantitative estimate of drug-likeness (QED) is 0.436. The van der Waals surface area contributed by atoms with Crippen LogP contribution in [0.1, 0.15) is 39.6 Å². The van der Waals surface area contributed by atoms with Crippen LogP contribution < -0.4 is 0 Å². The van der Waals surface area contributed by atoms with Gasteiger partial charge in [0.1, 0.15) is 0 Å². The molecule has 0 bridgehead atoms. The van der Waals surface area contributed by atoms with Crippen LogP contribution in [0.2, 0.25) is 20.1 Å². The predicted octanol–water partition coefficient (Wildman–Crippen LogP) is 6.18. The fourth-order valence-electron chi connectivity index (χ4n) is 2.13. The highest BCUT2D eigenvalue weighted by molar-refractivity contribution is 6.36. The fourth-order valence-corrected chi connectivity index (χ4v) is 3.24. The van der Waals surface area contributed by atoms with Gasteiger partial charge in [-0.25, -0.2) is 19.4 Å². The van der Waals surface area contributed by atoms with E-state index < -0.39 is 11.9 Å². The third-order valence-electron chi connectivity index (χ3n) is 3.17. The van der Waals surface area contributed by atoms with Crippen molar-refractivity contribution in [1.29, 1.82) is 0 Å². The molecule has 0 fully saturated rings. The van der Waals surface area contributed by atoms with E-state index in [1.807, 2.05) is 6.92 Å². The monoisotopic (exact) mass is 420 g/mol. The van der Waals surface area contributed by atoms with Crippen LogP contribution in [-0.4, -0.2) is 11.9 Å². The summed E-state index contributed by atoms with van der Waals surface area (Å²) in [5, 5.41) is 1.11. The van der Waals surface area contributed by atoms with Gasteiger partial charge in [-0.15, -0.1) is 0 Å². The number of hydrogen-bond acceptors (Lipinski definition) is 4. The topological polar surface area (TPSA) is 52.6 Å². The van der Waals surface area contributed by atoms with E-state index in [2.05, 4.69) is 9.78 Å². The molecule has 0 saturated heterocycles. The highest BCUT2D eigenvalue weighted by Crippen LogP contribution is 2.27. The second-order valence-electron chi connectivity index (χ2n) is 5.06. The normalized spacial score (nSPS) is 10.4. The molecule has 0 spiro atoms. The van der Waals surface area contributed by atoms with Gasteiger partial charge in [-0.2, -0.15) is 0 Å². The molecule has 0 saturated carbocycles. The third kappa shape index (κ3) is 5.25. The molecule has 0 heterocycles. The Labute approximate surface area is 164 Å². The SMILES string of the molecule is CCCc1c(Cl)cc(Cl)cc1C(=O)OOC(=O)c1cc(Cl)cc(Cl)c1. The summed E-state index contributed by atoms with van der Waals surface area (Å²) < 4.78 is 0. The number of halogens is 4. The van der Waals surface area contributed by atoms with Crippen molar-refractivity contribution in [2.24, 2.45) is 0 Å². The van der Waals surface area contributed by atoms with Gasteiger partial charge in [0.05, 0.1) is 11.1 Å². The van der Waals surface area contributed by atoms with Crippen LogP contribution >= 0.6 is 46.4 Å². The first-order valence-electron chi connectivity index (χ1n) is 7.19. The molecule has 0 amide bonds. The summed E-state index contributed by atoms with van der Waals surface area (Å²) in [6.07, 6.45) is 1.29. The van der Waals surface area contributed by atoms with Crippen LogP contribution in [0.3, 0.4) is 0 Å². The van der Waals surface area contributed by atoms with E-state index in [1.54, 1.807) is 0 Å². The van der Waals surface area contributed by atoms with Crippen LogP contribution in [0.5, 0.6) is 0 Å². The number of carbonyl (C=O) groups excluding carboxylic acids is 2. The first-order chi connectivity index (χ1) is 11.8. The van der Waals surface area contributed by atoms with Crippen LogP contribution in [0.15, 0.2) is 30.3 Å². The molecule has 4 nitrogen and oxygen atoms in total. The van der Waals surface area contributed by atoms with Crippen LogP contribution in [0.25, 0.3) is 0 Å². The van der Waals surface area contributed by atoms with Gasteiger partial charge in [0, 0.05) is 20.1 Å². The van der Waals surface area contributed by atoms with Crippen molar-refractivity contribution >= 4 is 58.3 Å². The molecule has 25 heavy (non-hydrogen) atoms. The van der Waals surface area contributed by atoms with E-state index in [-0.39, 0.29) is 26.2 Å². The zero-order chi connectivity index (χ0) is 18.6. The van der Waals surface area contributed by atoms with Crippen molar-refractivity contribution in [2.45, 2.75) is 19.8 Å². The van der Waals surface area contributed by atoms with Crippen molar-refractivity contribution in [3.8, 4) is 0 Å². The molecule has 2 aromatic rings. The molecule has 0 aliphatic carbocycles. The number of hydrogen-bond donors (Lipinski definition) is 0. The molecule has 0 atom stereocenters. The summed E-state index contributed by atoms with van der Waals surface area (Å²) in [6.45, 7) is 1.93. The summed E-state index contributed by atoms with van der Waals surface area (Å²) in [6, 6.07) is 7.07. The molecule has 8 heteroatoms. The van der Waals surface area contributed by atoms with Gasteiger partial charge in [-0.1, -0.05) is 59.7 Å². The van der Waals surface area contributed by atoms with E-state index in [0.29, 0.717) is 17.0 Å². The van der Waals surface area contributed by atoms with Crippen molar-refractivity contribution in [2.75, 3.05) is 0 Å². The van der Waals surface area contributed by atoms with Crippen LogP contribution in [-0.2, 0) is 16.2 Å². The molecule has 2 aromatic carbocycles. The smallest absolute Gasteiger partial charge is 0.242 e. The lowest BCUT2D eigenvalue weighted by molar-refractivity contribution is -0.187. The molecule has 0 radical (unpaired) electrons. The van der Waals surface area contributed by atoms with Gasteiger partial charge < -0.3 is 0 Å². The Balaban J connectivity index is 2.16. The molecule has 0 aliphatic heterocycles. The molecule has 0 aliphatic rings. The number of rotatable bonds is 4. The Morgan fingerprint density at radius 1 is 0.840 bits per heavy atom. The largest absolute Gasteiger partial charge is 0.386 e. The number of benzene rings is 2. The average Bonchev–Trinajstić information content (AvgIpc) is 2.53. The lowest BCUT2D eigenvalue weighted by Gasteiger charge is -2.10. The summed E-state index contributed by atoms with van der Waals surface area (Å²) in [4.78, 5) is 33.4. The zero-order valence-electron chi connectivity index (χ0n) is 12.9. The molecule has 2 rings (SSSR count). The highest BCUT2D eigenvalue weighted by Gasteiger charge is 2.20. The Hall–Kier alpha value is -1.46. The standard InChI is InChI=1S/C17H12Cl4O4/c1-2-3-13-14(7-12(20)8-15(13)21)17(23)25-24-16(22)9-4-10(18)6-11(19)5-9/h4-8H,2-3H2,1H3. The minimum atomic E-state index is -0.914. The maximum absolute atomic E-state index is 12.2. The average molecular weight is 422 g/mol. The maximum Gasteiger partial charge on any atom is 0.386 e. The Morgan fingerprint density at radius 2 is 1.40 bits per heavy atom. The minimum absolute atomic E-state index is 0.0446. The number of carbonyl (C=O) groups is 2.